The molecule has 1 rings (SSSR count). The molecule has 1 aromatic rings. The maximum Gasteiger partial charge on any atom is 2.00 e. The van der Waals surface area contributed by atoms with Gasteiger partial charge in [-0.15, -0.1) is 6.61 Å². The molecule has 0 fully saturated rings. The largest absolute Gasteiger partial charge is 2.00 e. The van der Waals surface area contributed by atoms with Crippen molar-refractivity contribution >= 4 is 23.1 Å². The summed E-state index contributed by atoms with van der Waals surface area (Å²) in [5, 5.41) is 10.4. The predicted octanol–water partition coefficient (Wildman–Crippen LogP) is -0.817. The van der Waals surface area contributed by atoms with Crippen LogP contribution in [-0.2, 0) is 6.18 Å². The van der Waals surface area contributed by atoms with Crippen molar-refractivity contribution < 1.29 is 30.7 Å². The Morgan fingerprint density at radius 2 is 1.76 bits per heavy atom. The molecule has 0 N–H and O–H groups in total. The van der Waals surface area contributed by atoms with Gasteiger partial charge in [0.15, 0.2) is 0 Å². The van der Waals surface area contributed by atoms with Gasteiger partial charge in [-0.05, 0) is 17.5 Å². The minimum atomic E-state index is -4.34. The quantitative estimate of drug-likeness (QED) is 0.662. The summed E-state index contributed by atoms with van der Waals surface area (Å²) in [6.07, 6.45) is -4.11. The average Bonchev–Trinajstić information content (AvgIpc) is 2.17. The first-order chi connectivity index (χ1) is 6.96. The van der Waals surface area contributed by atoms with Crippen LogP contribution in [0.1, 0.15) is 30.4 Å². The molecule has 6 heteroatoms. The van der Waals surface area contributed by atoms with Crippen LogP contribution in [-0.4, -0.2) is 29.7 Å². The minimum Gasteiger partial charge on any atom is -1.00 e. The van der Waals surface area contributed by atoms with Gasteiger partial charge in [0, 0.05) is 0 Å². The van der Waals surface area contributed by atoms with E-state index in [1.165, 1.54) is 12.1 Å². The van der Waals surface area contributed by atoms with Gasteiger partial charge in [-0.1, -0.05) is 31.5 Å². The minimum absolute atomic E-state index is 0. The van der Waals surface area contributed by atoms with Gasteiger partial charge in [0.1, 0.15) is 0 Å². The molecule has 0 amide bonds. The van der Waals surface area contributed by atoms with Crippen molar-refractivity contribution in [2.75, 3.05) is 6.61 Å². The molecule has 0 heterocycles. The van der Waals surface area contributed by atoms with Gasteiger partial charge in [-0.3, -0.25) is 0 Å². The molecule has 0 saturated heterocycles. The molecule has 0 aromatic heterocycles. The third-order valence-corrected chi connectivity index (χ3v) is 2.35. The van der Waals surface area contributed by atoms with Gasteiger partial charge in [-0.25, -0.2) is 0 Å². The van der Waals surface area contributed by atoms with Crippen molar-refractivity contribution in [3.8, 4) is 0 Å². The van der Waals surface area contributed by atoms with Crippen LogP contribution in [0.5, 0.6) is 0 Å². The van der Waals surface area contributed by atoms with E-state index in [2.05, 4.69) is 0 Å². The molecular weight excluding hydrogens is 265 g/mol. The number of alkyl halides is 3. The Kier molecular flexibility index (Phi) is 9.32. The number of benzene rings is 1. The molecule has 0 spiro atoms. The number of hydrogen-bond donors (Lipinski definition) is 0. The van der Waals surface area contributed by atoms with Crippen molar-refractivity contribution in [2.45, 2.75) is 25.4 Å². The van der Waals surface area contributed by atoms with Crippen molar-refractivity contribution in [1.82, 2.24) is 0 Å². The average molecular weight is 277 g/mol. The number of rotatable bonds is 3. The fourth-order valence-electron chi connectivity index (χ4n) is 1.52. The molecule has 0 radical (unpaired) electrons. The van der Waals surface area contributed by atoms with E-state index in [1.807, 2.05) is 0 Å². The molecule has 0 aliphatic carbocycles. The van der Waals surface area contributed by atoms with Gasteiger partial charge in [0.05, 0.1) is 5.56 Å². The van der Waals surface area contributed by atoms with E-state index < -0.39 is 11.7 Å². The fraction of sp³-hybridized carbons (Fsp3) is 0.455. The number of hydrogen-bond acceptors (Lipinski definition) is 1. The third-order valence-electron chi connectivity index (χ3n) is 2.35. The molecule has 1 aromatic carbocycles. The molecule has 92 valence electrons. The first-order valence-corrected chi connectivity index (χ1v) is 4.71. The molecule has 1 nitrogen and oxygen atoms in total. The van der Waals surface area contributed by atoms with Crippen LogP contribution in [0.15, 0.2) is 24.3 Å². The van der Waals surface area contributed by atoms with Gasteiger partial charge in [0.25, 0.3) is 0 Å². The second kappa shape index (κ2) is 8.18. The molecule has 1 unspecified atom stereocenters. The van der Waals surface area contributed by atoms with E-state index in [4.69, 9.17) is 0 Å². The molecule has 0 aliphatic rings. The van der Waals surface area contributed by atoms with Crippen LogP contribution < -0.4 is 17.5 Å². The predicted molar refractivity (Wildman–Crippen MR) is 55.1 cm³/mol. The second-order valence-corrected chi connectivity index (χ2v) is 3.48. The first kappa shape index (κ1) is 19.4. The van der Waals surface area contributed by atoms with E-state index >= 15 is 0 Å². The standard InChI is InChI=1S/C11H12F3O.ClH.Mg/c1-8(6-7-15)9-4-2-3-5-10(9)11(12,13)14;;/h2-5,8H,6-7H2,1H3;1H;/q-1;;+2/p-1. The van der Waals surface area contributed by atoms with Gasteiger partial charge in [-0.2, -0.15) is 13.2 Å². The van der Waals surface area contributed by atoms with E-state index in [0.29, 0.717) is 0 Å². The Balaban J connectivity index is 0. The summed E-state index contributed by atoms with van der Waals surface area (Å²) in [5.41, 5.74) is -0.424. The monoisotopic (exact) mass is 276 g/mol. The molecular formula is C11H12ClF3MgO. The summed E-state index contributed by atoms with van der Waals surface area (Å²) >= 11 is 0. The van der Waals surface area contributed by atoms with Crippen molar-refractivity contribution in [2.24, 2.45) is 0 Å². The fourth-order valence-corrected chi connectivity index (χ4v) is 1.52. The van der Waals surface area contributed by atoms with Gasteiger partial charge < -0.3 is 17.5 Å². The summed E-state index contributed by atoms with van der Waals surface area (Å²) in [4.78, 5) is 0. The summed E-state index contributed by atoms with van der Waals surface area (Å²) in [6, 6.07) is 5.40. The second-order valence-electron chi connectivity index (χ2n) is 3.48. The zero-order valence-electron chi connectivity index (χ0n) is 9.43. The van der Waals surface area contributed by atoms with Gasteiger partial charge >= 0.3 is 29.2 Å². The van der Waals surface area contributed by atoms with E-state index in [0.717, 1.165) is 6.07 Å². The van der Waals surface area contributed by atoms with Crippen molar-refractivity contribution in [1.29, 1.82) is 0 Å². The molecule has 0 bridgehead atoms. The Morgan fingerprint density at radius 3 is 2.24 bits per heavy atom. The van der Waals surface area contributed by atoms with Gasteiger partial charge in [0.2, 0.25) is 0 Å². The van der Waals surface area contributed by atoms with E-state index in [-0.39, 0.29) is 60.0 Å². The van der Waals surface area contributed by atoms with Crippen molar-refractivity contribution in [3.05, 3.63) is 35.4 Å². The normalized spacial score (nSPS) is 12.3. The molecule has 0 aliphatic heterocycles. The van der Waals surface area contributed by atoms with E-state index in [1.54, 1.807) is 13.0 Å². The van der Waals surface area contributed by atoms with Crippen LogP contribution in [0, 0.1) is 0 Å². The van der Waals surface area contributed by atoms with Crippen LogP contribution in [0.4, 0.5) is 13.2 Å². The Bertz CT molecular complexity index is 331. The molecule has 0 saturated carbocycles. The summed E-state index contributed by atoms with van der Waals surface area (Å²) < 4.78 is 37.7. The zero-order valence-corrected chi connectivity index (χ0v) is 11.6. The first-order valence-electron chi connectivity index (χ1n) is 4.71. The van der Waals surface area contributed by atoms with Crippen molar-refractivity contribution in [3.63, 3.8) is 0 Å². The van der Waals surface area contributed by atoms with Crippen LogP contribution in [0.25, 0.3) is 0 Å². The zero-order chi connectivity index (χ0) is 11.5. The summed E-state index contributed by atoms with van der Waals surface area (Å²) in [5.74, 6) is -0.347. The third kappa shape index (κ3) is 5.46. The molecule has 1 atom stereocenters. The van der Waals surface area contributed by atoms with E-state index in [9.17, 15) is 18.3 Å². The van der Waals surface area contributed by atoms with Crippen LogP contribution >= 0.6 is 0 Å². The van der Waals surface area contributed by atoms with Crippen LogP contribution in [0.3, 0.4) is 0 Å². The maximum absolute atomic E-state index is 12.6. The SMILES string of the molecule is CC(CC[O-])c1ccccc1C(F)(F)F.[Cl-].[Mg+2]. The number of halogens is 4. The summed E-state index contributed by atoms with van der Waals surface area (Å²) in [7, 11) is 0. The Morgan fingerprint density at radius 1 is 1.24 bits per heavy atom. The smallest absolute Gasteiger partial charge is 1.00 e. The Hall–Kier alpha value is 0.0262. The molecule has 17 heavy (non-hydrogen) atoms. The Labute approximate surface area is 121 Å². The van der Waals surface area contributed by atoms with Crippen LogP contribution in [0.2, 0.25) is 0 Å². The summed E-state index contributed by atoms with van der Waals surface area (Å²) in [6.45, 7) is 1.29. The maximum atomic E-state index is 12.6. The topological polar surface area (TPSA) is 23.1 Å².